The van der Waals surface area contributed by atoms with Crippen LogP contribution in [0, 0.1) is 20.8 Å². The number of nitrogens with one attached hydrogen (secondary N) is 1. The predicted octanol–water partition coefficient (Wildman–Crippen LogP) is 4.21. The third-order valence-electron chi connectivity index (χ3n) is 5.07. The largest absolute Gasteiger partial charge is 0.378 e. The van der Waals surface area contributed by atoms with Gasteiger partial charge in [-0.15, -0.1) is 0 Å². The first-order valence-electron chi connectivity index (χ1n) is 9.49. The highest BCUT2D eigenvalue weighted by molar-refractivity contribution is 5.46. The summed E-state index contributed by atoms with van der Waals surface area (Å²) in [5, 5.41) is 8.32. The van der Waals surface area contributed by atoms with Gasteiger partial charge in [-0.1, -0.05) is 42.0 Å². The summed E-state index contributed by atoms with van der Waals surface area (Å²) in [7, 11) is 4.13. The van der Waals surface area contributed by atoms with Gasteiger partial charge >= 0.3 is 0 Å². The number of hydrogen-bond donors (Lipinski definition) is 1. The Balaban J connectivity index is 1.61. The Morgan fingerprint density at radius 2 is 1.48 bits per heavy atom. The molecule has 0 amide bonds. The molecule has 27 heavy (non-hydrogen) atoms. The van der Waals surface area contributed by atoms with E-state index in [2.05, 4.69) is 98.3 Å². The van der Waals surface area contributed by atoms with Crippen molar-refractivity contribution in [2.75, 3.05) is 19.0 Å². The second-order valence-corrected chi connectivity index (χ2v) is 7.46. The van der Waals surface area contributed by atoms with Crippen molar-refractivity contribution in [3.05, 3.63) is 82.2 Å². The van der Waals surface area contributed by atoms with Gasteiger partial charge in [-0.05, 0) is 44.0 Å². The summed E-state index contributed by atoms with van der Waals surface area (Å²) in [5.41, 5.74) is 8.73. The summed E-state index contributed by atoms with van der Waals surface area (Å²) < 4.78 is 2.11. The van der Waals surface area contributed by atoms with Crippen molar-refractivity contribution < 1.29 is 0 Å². The fourth-order valence-electron chi connectivity index (χ4n) is 3.25. The molecule has 0 atom stereocenters. The number of hydrogen-bond acceptors (Lipinski definition) is 3. The highest BCUT2D eigenvalue weighted by atomic mass is 15.3. The van der Waals surface area contributed by atoms with E-state index in [1.165, 1.54) is 33.6 Å². The SMILES string of the molecule is Cc1ccc(Cn2nc(C)c(CNCc3ccc(N(C)C)cc3)c2C)cc1. The molecule has 0 radical (unpaired) electrons. The van der Waals surface area contributed by atoms with Gasteiger partial charge in [0.2, 0.25) is 0 Å². The van der Waals surface area contributed by atoms with Gasteiger partial charge in [0, 0.05) is 44.1 Å². The molecular weight excluding hydrogens is 332 g/mol. The molecule has 0 saturated carbocycles. The third-order valence-corrected chi connectivity index (χ3v) is 5.07. The molecule has 0 aliphatic heterocycles. The average molecular weight is 363 g/mol. The van der Waals surface area contributed by atoms with Gasteiger partial charge in [-0.25, -0.2) is 0 Å². The maximum Gasteiger partial charge on any atom is 0.0662 e. The van der Waals surface area contributed by atoms with E-state index in [9.17, 15) is 0 Å². The molecule has 3 aromatic rings. The van der Waals surface area contributed by atoms with Crippen LogP contribution >= 0.6 is 0 Å². The maximum atomic E-state index is 4.76. The average Bonchev–Trinajstić information content (AvgIpc) is 2.91. The van der Waals surface area contributed by atoms with E-state index in [-0.39, 0.29) is 0 Å². The Hall–Kier alpha value is -2.59. The quantitative estimate of drug-likeness (QED) is 0.683. The van der Waals surface area contributed by atoms with Crippen molar-refractivity contribution in [3.63, 3.8) is 0 Å². The van der Waals surface area contributed by atoms with E-state index in [0.29, 0.717) is 0 Å². The summed E-state index contributed by atoms with van der Waals surface area (Å²) >= 11 is 0. The lowest BCUT2D eigenvalue weighted by atomic mass is 10.1. The molecule has 1 N–H and O–H groups in total. The van der Waals surface area contributed by atoms with Crippen LogP contribution in [0.15, 0.2) is 48.5 Å². The highest BCUT2D eigenvalue weighted by Crippen LogP contribution is 2.16. The smallest absolute Gasteiger partial charge is 0.0662 e. The van der Waals surface area contributed by atoms with Crippen molar-refractivity contribution in [2.45, 2.75) is 40.4 Å². The first-order chi connectivity index (χ1) is 12.9. The zero-order valence-corrected chi connectivity index (χ0v) is 17.1. The number of aryl methyl sites for hydroxylation is 2. The second kappa shape index (κ2) is 8.40. The Labute approximate surface area is 162 Å². The van der Waals surface area contributed by atoms with E-state index < -0.39 is 0 Å². The van der Waals surface area contributed by atoms with Gasteiger partial charge in [0.15, 0.2) is 0 Å². The Morgan fingerprint density at radius 1 is 0.852 bits per heavy atom. The van der Waals surface area contributed by atoms with Crippen molar-refractivity contribution in [1.29, 1.82) is 0 Å². The predicted molar refractivity (Wildman–Crippen MR) is 113 cm³/mol. The van der Waals surface area contributed by atoms with Crippen LogP contribution in [0.3, 0.4) is 0 Å². The maximum absolute atomic E-state index is 4.76. The van der Waals surface area contributed by atoms with E-state index in [4.69, 9.17) is 5.10 Å². The monoisotopic (exact) mass is 362 g/mol. The van der Waals surface area contributed by atoms with E-state index >= 15 is 0 Å². The Kier molecular flexibility index (Phi) is 5.97. The molecule has 4 heteroatoms. The minimum Gasteiger partial charge on any atom is -0.378 e. The fourth-order valence-corrected chi connectivity index (χ4v) is 3.25. The molecular formula is C23H30N4. The van der Waals surface area contributed by atoms with E-state index in [1.54, 1.807) is 0 Å². The highest BCUT2D eigenvalue weighted by Gasteiger charge is 2.11. The molecule has 0 unspecified atom stereocenters. The van der Waals surface area contributed by atoms with Gasteiger partial charge < -0.3 is 10.2 Å². The Morgan fingerprint density at radius 3 is 2.11 bits per heavy atom. The first-order valence-corrected chi connectivity index (χ1v) is 9.49. The lowest BCUT2D eigenvalue weighted by Gasteiger charge is -2.13. The molecule has 0 aliphatic rings. The van der Waals surface area contributed by atoms with Crippen molar-refractivity contribution >= 4 is 5.69 Å². The second-order valence-electron chi connectivity index (χ2n) is 7.46. The van der Waals surface area contributed by atoms with Crippen molar-refractivity contribution in [2.24, 2.45) is 0 Å². The summed E-state index contributed by atoms with van der Waals surface area (Å²) in [4.78, 5) is 2.12. The molecule has 1 heterocycles. The summed E-state index contributed by atoms with van der Waals surface area (Å²) in [5.74, 6) is 0. The molecule has 142 valence electrons. The lowest BCUT2D eigenvalue weighted by molar-refractivity contribution is 0.653. The molecule has 4 nitrogen and oxygen atoms in total. The standard InChI is InChI=1S/C23H30N4/c1-17-6-8-21(9-7-17)16-27-19(3)23(18(2)25-27)15-24-14-20-10-12-22(13-11-20)26(4)5/h6-13,24H,14-16H2,1-5H3. The van der Waals surface area contributed by atoms with Gasteiger partial charge in [-0.3, -0.25) is 4.68 Å². The Bertz CT molecular complexity index is 874. The summed E-state index contributed by atoms with van der Waals surface area (Å²) in [6.07, 6.45) is 0. The topological polar surface area (TPSA) is 33.1 Å². The van der Waals surface area contributed by atoms with Crippen LogP contribution in [-0.2, 0) is 19.6 Å². The van der Waals surface area contributed by atoms with Gasteiger partial charge in [-0.2, -0.15) is 5.10 Å². The molecule has 2 aromatic carbocycles. The van der Waals surface area contributed by atoms with Crippen LogP contribution < -0.4 is 10.2 Å². The molecule has 1 aromatic heterocycles. The summed E-state index contributed by atoms with van der Waals surface area (Å²) in [6, 6.07) is 17.4. The van der Waals surface area contributed by atoms with Crippen LogP contribution in [-0.4, -0.2) is 23.9 Å². The fraction of sp³-hybridized carbons (Fsp3) is 0.348. The molecule has 0 spiro atoms. The molecule has 3 rings (SSSR count). The number of nitrogens with zero attached hydrogens (tertiary/aromatic N) is 3. The number of anilines is 1. The minimum atomic E-state index is 0.818. The molecule has 0 saturated heterocycles. The van der Waals surface area contributed by atoms with E-state index in [1.807, 2.05) is 0 Å². The minimum absolute atomic E-state index is 0.818. The van der Waals surface area contributed by atoms with Crippen LogP contribution in [0.25, 0.3) is 0 Å². The first kappa shape index (κ1) is 19.2. The normalized spacial score (nSPS) is 11.0. The van der Waals surface area contributed by atoms with Crippen LogP contribution in [0.1, 0.15) is 33.6 Å². The molecule has 0 bridgehead atoms. The zero-order chi connectivity index (χ0) is 19.4. The van der Waals surface area contributed by atoms with Crippen LogP contribution in [0.2, 0.25) is 0 Å². The van der Waals surface area contributed by atoms with E-state index in [0.717, 1.165) is 25.3 Å². The van der Waals surface area contributed by atoms with Crippen LogP contribution in [0.5, 0.6) is 0 Å². The van der Waals surface area contributed by atoms with Gasteiger partial charge in [0.1, 0.15) is 0 Å². The third kappa shape index (κ3) is 4.77. The lowest BCUT2D eigenvalue weighted by Crippen LogP contribution is -2.14. The van der Waals surface area contributed by atoms with Crippen molar-refractivity contribution in [3.8, 4) is 0 Å². The van der Waals surface area contributed by atoms with Gasteiger partial charge in [0.05, 0.1) is 12.2 Å². The molecule has 0 fully saturated rings. The van der Waals surface area contributed by atoms with Crippen LogP contribution in [0.4, 0.5) is 5.69 Å². The van der Waals surface area contributed by atoms with Gasteiger partial charge in [0.25, 0.3) is 0 Å². The number of benzene rings is 2. The zero-order valence-electron chi connectivity index (χ0n) is 17.1. The number of aromatic nitrogens is 2. The van der Waals surface area contributed by atoms with Crippen molar-refractivity contribution in [1.82, 2.24) is 15.1 Å². The number of rotatable bonds is 7. The summed E-state index contributed by atoms with van der Waals surface area (Å²) in [6.45, 7) is 8.89. The molecule has 0 aliphatic carbocycles.